The van der Waals surface area contributed by atoms with Gasteiger partial charge in [0, 0.05) is 31.9 Å². The molecule has 0 saturated carbocycles. The number of methoxy groups -OCH3 is 1. The second-order valence-electron chi connectivity index (χ2n) is 6.85. The summed E-state index contributed by atoms with van der Waals surface area (Å²) in [6.07, 6.45) is 0. The normalized spacial score (nSPS) is 17.0. The number of amides is 1. The van der Waals surface area contributed by atoms with Crippen LogP contribution in [0.15, 0.2) is 48.5 Å². The van der Waals surface area contributed by atoms with Crippen molar-refractivity contribution in [2.24, 2.45) is 0 Å². The Morgan fingerprint density at radius 3 is 2.63 bits per heavy atom. The summed E-state index contributed by atoms with van der Waals surface area (Å²) in [5, 5.41) is 2.85. The lowest BCUT2D eigenvalue weighted by molar-refractivity contribution is -0.117. The van der Waals surface area contributed by atoms with E-state index >= 15 is 0 Å². The van der Waals surface area contributed by atoms with Crippen LogP contribution in [-0.4, -0.2) is 50.1 Å². The molecule has 0 bridgehead atoms. The number of esters is 1. The van der Waals surface area contributed by atoms with Crippen molar-refractivity contribution in [1.29, 1.82) is 0 Å². The summed E-state index contributed by atoms with van der Waals surface area (Å²) in [5.74, 6) is -0.621. The lowest BCUT2D eigenvalue weighted by Gasteiger charge is -2.27. The average molecular weight is 367 g/mol. The van der Waals surface area contributed by atoms with Gasteiger partial charge < -0.3 is 15.0 Å². The van der Waals surface area contributed by atoms with Crippen molar-refractivity contribution in [3.05, 3.63) is 59.7 Å². The van der Waals surface area contributed by atoms with E-state index in [0.717, 1.165) is 6.54 Å². The number of para-hydroxylation sites is 2. The van der Waals surface area contributed by atoms with Crippen LogP contribution in [0.4, 0.5) is 11.4 Å². The number of ether oxygens (including phenoxy) is 1. The highest BCUT2D eigenvalue weighted by molar-refractivity contribution is 6.01. The Hall–Kier alpha value is -2.86. The Morgan fingerprint density at radius 1 is 1.15 bits per heavy atom. The molecule has 0 fully saturated rings. The number of nitrogens with one attached hydrogen (secondary N) is 1. The third-order valence-electron chi connectivity index (χ3n) is 4.89. The van der Waals surface area contributed by atoms with Gasteiger partial charge in [-0.25, -0.2) is 4.79 Å². The molecule has 0 spiro atoms. The SMILES string of the molecule is COC(=O)c1ccccc1NC(=O)CN1Cc2ccccc2N(C)C[C@H]1C. The first-order valence-electron chi connectivity index (χ1n) is 9.00. The minimum Gasteiger partial charge on any atom is -0.465 e. The molecule has 6 nitrogen and oxygen atoms in total. The summed E-state index contributed by atoms with van der Waals surface area (Å²) in [4.78, 5) is 28.9. The van der Waals surface area contributed by atoms with Gasteiger partial charge in [-0.3, -0.25) is 9.69 Å². The Bertz CT molecular complexity index is 837. The molecule has 0 radical (unpaired) electrons. The van der Waals surface area contributed by atoms with Gasteiger partial charge in [0.05, 0.1) is 24.9 Å². The van der Waals surface area contributed by atoms with Crippen LogP contribution in [0.3, 0.4) is 0 Å². The van der Waals surface area contributed by atoms with Crippen molar-refractivity contribution in [1.82, 2.24) is 4.90 Å². The van der Waals surface area contributed by atoms with Crippen LogP contribution in [0, 0.1) is 0 Å². The highest BCUT2D eigenvalue weighted by Gasteiger charge is 2.25. The topological polar surface area (TPSA) is 61.9 Å². The molecule has 142 valence electrons. The van der Waals surface area contributed by atoms with E-state index in [1.54, 1.807) is 24.3 Å². The zero-order chi connectivity index (χ0) is 19.4. The first-order valence-corrected chi connectivity index (χ1v) is 9.00. The molecule has 0 saturated heterocycles. The summed E-state index contributed by atoms with van der Waals surface area (Å²) in [7, 11) is 3.40. The third-order valence-corrected chi connectivity index (χ3v) is 4.89. The van der Waals surface area contributed by atoms with Crippen molar-refractivity contribution >= 4 is 23.3 Å². The van der Waals surface area contributed by atoms with Crippen molar-refractivity contribution in [3.8, 4) is 0 Å². The number of nitrogens with zero attached hydrogens (tertiary/aromatic N) is 2. The van der Waals surface area contributed by atoms with E-state index in [0.29, 0.717) is 17.8 Å². The Balaban J connectivity index is 1.74. The summed E-state index contributed by atoms with van der Waals surface area (Å²) >= 11 is 0. The van der Waals surface area contributed by atoms with E-state index in [1.165, 1.54) is 18.4 Å². The van der Waals surface area contributed by atoms with E-state index in [1.807, 2.05) is 12.1 Å². The molecule has 1 amide bonds. The molecule has 2 aromatic carbocycles. The number of hydrogen-bond donors (Lipinski definition) is 1. The quantitative estimate of drug-likeness (QED) is 0.842. The van der Waals surface area contributed by atoms with Gasteiger partial charge in [0.2, 0.25) is 5.91 Å². The lowest BCUT2D eigenvalue weighted by atomic mass is 10.1. The van der Waals surface area contributed by atoms with E-state index in [4.69, 9.17) is 4.74 Å². The molecule has 0 unspecified atom stereocenters. The molecule has 1 N–H and O–H groups in total. The number of carbonyl (C=O) groups is 2. The first kappa shape index (κ1) is 18.9. The van der Waals surface area contributed by atoms with Crippen molar-refractivity contribution in [3.63, 3.8) is 0 Å². The maximum atomic E-state index is 12.7. The molecular formula is C21H25N3O3. The second kappa shape index (κ2) is 8.22. The predicted octanol–water partition coefficient (Wildman–Crippen LogP) is 2.75. The van der Waals surface area contributed by atoms with Gasteiger partial charge in [0.25, 0.3) is 0 Å². The van der Waals surface area contributed by atoms with Gasteiger partial charge >= 0.3 is 5.97 Å². The van der Waals surface area contributed by atoms with Crippen LogP contribution in [0.1, 0.15) is 22.8 Å². The van der Waals surface area contributed by atoms with Crippen LogP contribution >= 0.6 is 0 Å². The number of hydrogen-bond acceptors (Lipinski definition) is 5. The summed E-state index contributed by atoms with van der Waals surface area (Å²) < 4.78 is 4.79. The molecule has 3 rings (SSSR count). The van der Waals surface area contributed by atoms with Crippen molar-refractivity contribution in [2.45, 2.75) is 19.5 Å². The maximum absolute atomic E-state index is 12.7. The maximum Gasteiger partial charge on any atom is 0.339 e. The minimum atomic E-state index is -0.468. The summed E-state index contributed by atoms with van der Waals surface area (Å²) in [6.45, 7) is 3.91. The fourth-order valence-corrected chi connectivity index (χ4v) is 3.47. The van der Waals surface area contributed by atoms with Crippen molar-refractivity contribution < 1.29 is 14.3 Å². The highest BCUT2D eigenvalue weighted by atomic mass is 16.5. The Labute approximate surface area is 159 Å². The summed E-state index contributed by atoms with van der Waals surface area (Å²) in [5.41, 5.74) is 3.21. The molecule has 2 aromatic rings. The van der Waals surface area contributed by atoms with Gasteiger partial charge in [0.15, 0.2) is 0 Å². The van der Waals surface area contributed by atoms with Crippen LogP contribution < -0.4 is 10.2 Å². The average Bonchev–Trinajstić information content (AvgIpc) is 2.78. The number of carbonyl (C=O) groups excluding carboxylic acids is 2. The van der Waals surface area contributed by atoms with Gasteiger partial charge in [0.1, 0.15) is 0 Å². The summed E-state index contributed by atoms with van der Waals surface area (Å²) in [6, 6.07) is 15.3. The van der Waals surface area contributed by atoms with E-state index < -0.39 is 5.97 Å². The van der Waals surface area contributed by atoms with Gasteiger partial charge in [-0.15, -0.1) is 0 Å². The van der Waals surface area contributed by atoms with Gasteiger partial charge in [-0.05, 0) is 30.7 Å². The minimum absolute atomic E-state index is 0.153. The molecule has 27 heavy (non-hydrogen) atoms. The number of benzene rings is 2. The first-order chi connectivity index (χ1) is 13.0. The smallest absolute Gasteiger partial charge is 0.339 e. The zero-order valence-electron chi connectivity index (χ0n) is 15.9. The molecule has 0 aliphatic carbocycles. The van der Waals surface area contributed by atoms with E-state index in [-0.39, 0.29) is 18.5 Å². The number of anilines is 2. The Kier molecular flexibility index (Phi) is 5.76. The standard InChI is InChI=1S/C21H25N3O3/c1-15-12-23(2)19-11-7-4-8-16(19)13-24(15)14-20(25)22-18-10-6-5-9-17(18)21(26)27-3/h4-11,15H,12-14H2,1-3H3,(H,22,25)/t15-/m1/s1. The molecule has 1 atom stereocenters. The fourth-order valence-electron chi connectivity index (χ4n) is 3.47. The van der Waals surface area contributed by atoms with Crippen LogP contribution in [0.2, 0.25) is 0 Å². The molecule has 1 heterocycles. The Morgan fingerprint density at radius 2 is 1.85 bits per heavy atom. The predicted molar refractivity (Wildman–Crippen MR) is 106 cm³/mol. The molecule has 6 heteroatoms. The van der Waals surface area contributed by atoms with Crippen LogP contribution in [0.5, 0.6) is 0 Å². The molecular weight excluding hydrogens is 342 g/mol. The third kappa shape index (κ3) is 4.28. The molecule has 1 aliphatic rings. The number of fused-ring (bicyclic) bond motifs is 1. The molecule has 1 aliphatic heterocycles. The second-order valence-corrected chi connectivity index (χ2v) is 6.85. The van der Waals surface area contributed by atoms with Gasteiger partial charge in [-0.2, -0.15) is 0 Å². The molecule has 0 aromatic heterocycles. The van der Waals surface area contributed by atoms with E-state index in [9.17, 15) is 9.59 Å². The monoisotopic (exact) mass is 367 g/mol. The fraction of sp³-hybridized carbons (Fsp3) is 0.333. The zero-order valence-corrected chi connectivity index (χ0v) is 15.9. The van der Waals surface area contributed by atoms with Crippen molar-refractivity contribution in [2.75, 3.05) is 37.5 Å². The van der Waals surface area contributed by atoms with Gasteiger partial charge in [-0.1, -0.05) is 30.3 Å². The largest absolute Gasteiger partial charge is 0.465 e. The van der Waals surface area contributed by atoms with Crippen LogP contribution in [-0.2, 0) is 16.1 Å². The number of rotatable bonds is 4. The van der Waals surface area contributed by atoms with E-state index in [2.05, 4.69) is 41.2 Å². The highest BCUT2D eigenvalue weighted by Crippen LogP contribution is 2.26. The number of likely N-dealkylation sites (N-methyl/N-ethyl adjacent to an activating group) is 1. The lowest BCUT2D eigenvalue weighted by Crippen LogP contribution is -2.42. The van der Waals surface area contributed by atoms with Crippen LogP contribution in [0.25, 0.3) is 0 Å².